The summed E-state index contributed by atoms with van der Waals surface area (Å²) in [7, 11) is 0. The molecule has 0 spiro atoms. The first-order valence-corrected chi connectivity index (χ1v) is 8.17. The van der Waals surface area contributed by atoms with E-state index in [0.29, 0.717) is 30.4 Å². The number of hydrogen-bond acceptors (Lipinski definition) is 4. The van der Waals surface area contributed by atoms with Crippen molar-refractivity contribution in [3.8, 4) is 11.5 Å². The summed E-state index contributed by atoms with van der Waals surface area (Å²) in [4.78, 5) is 25.0. The molecular formula is C19H16FNO4. The summed E-state index contributed by atoms with van der Waals surface area (Å²) in [6.45, 7) is 0.762. The third-order valence-electron chi connectivity index (χ3n) is 4.25. The minimum atomic E-state index is -0.609. The van der Waals surface area contributed by atoms with Gasteiger partial charge in [0.2, 0.25) is 5.91 Å². The number of rotatable bonds is 4. The molecule has 1 aliphatic heterocycles. The highest BCUT2D eigenvalue weighted by Crippen LogP contribution is 2.38. The third-order valence-corrected chi connectivity index (χ3v) is 4.25. The van der Waals surface area contributed by atoms with Crippen LogP contribution in [0.3, 0.4) is 0 Å². The molecule has 1 aliphatic carbocycles. The second-order valence-corrected chi connectivity index (χ2v) is 6.11. The molecule has 0 atom stereocenters. The van der Waals surface area contributed by atoms with Crippen LogP contribution < -0.4 is 14.8 Å². The quantitative estimate of drug-likeness (QED) is 0.868. The van der Waals surface area contributed by atoms with Crippen LogP contribution in [0.5, 0.6) is 11.5 Å². The van der Waals surface area contributed by atoms with Crippen molar-refractivity contribution in [2.24, 2.45) is 5.92 Å². The van der Waals surface area contributed by atoms with Crippen molar-refractivity contribution in [3.63, 3.8) is 0 Å². The number of carbonyl (C=O) groups excluding carboxylic acids is 2. The summed E-state index contributed by atoms with van der Waals surface area (Å²) < 4.78 is 25.1. The van der Waals surface area contributed by atoms with Gasteiger partial charge in [0.15, 0.2) is 17.3 Å². The molecule has 5 nitrogen and oxygen atoms in total. The number of benzene rings is 2. The van der Waals surface area contributed by atoms with E-state index in [-0.39, 0.29) is 23.0 Å². The molecule has 1 fully saturated rings. The summed E-state index contributed by atoms with van der Waals surface area (Å²) in [5, 5.41) is 2.77. The predicted molar refractivity (Wildman–Crippen MR) is 88.6 cm³/mol. The summed E-state index contributed by atoms with van der Waals surface area (Å²) in [5.74, 6) is -0.412. The standard InChI is InChI=1S/C19H16FNO4/c20-14-4-2-1-3-12(14)18(22)13-9-16-17(25-8-7-24-16)10-15(13)21-19(23)11-5-6-11/h1-4,9-11H,5-8H2,(H,21,23). The van der Waals surface area contributed by atoms with E-state index >= 15 is 0 Å². The van der Waals surface area contributed by atoms with Gasteiger partial charge in [0, 0.05) is 12.0 Å². The van der Waals surface area contributed by atoms with E-state index in [1.165, 1.54) is 24.3 Å². The molecule has 0 aromatic heterocycles. The van der Waals surface area contributed by atoms with Gasteiger partial charge in [-0.25, -0.2) is 4.39 Å². The number of ketones is 1. The van der Waals surface area contributed by atoms with Crippen molar-refractivity contribution in [2.75, 3.05) is 18.5 Å². The second kappa shape index (κ2) is 6.20. The van der Waals surface area contributed by atoms with E-state index in [0.717, 1.165) is 12.8 Å². The van der Waals surface area contributed by atoms with Crippen LogP contribution in [0.4, 0.5) is 10.1 Å². The average molecular weight is 341 g/mol. The maximum absolute atomic E-state index is 14.0. The lowest BCUT2D eigenvalue weighted by Gasteiger charge is -2.21. The lowest BCUT2D eigenvalue weighted by molar-refractivity contribution is -0.117. The molecule has 1 heterocycles. The minimum Gasteiger partial charge on any atom is -0.486 e. The Labute approximate surface area is 143 Å². The number of nitrogens with one attached hydrogen (secondary N) is 1. The molecule has 1 amide bonds. The lowest BCUT2D eigenvalue weighted by Crippen LogP contribution is -2.20. The normalized spacial score (nSPS) is 15.6. The fourth-order valence-electron chi connectivity index (χ4n) is 2.75. The van der Waals surface area contributed by atoms with Crippen LogP contribution in [0.15, 0.2) is 36.4 Å². The van der Waals surface area contributed by atoms with Crippen molar-refractivity contribution in [1.82, 2.24) is 0 Å². The van der Waals surface area contributed by atoms with Gasteiger partial charge >= 0.3 is 0 Å². The maximum Gasteiger partial charge on any atom is 0.227 e. The summed E-state index contributed by atoms with van der Waals surface area (Å²) in [6.07, 6.45) is 1.68. The van der Waals surface area contributed by atoms with E-state index < -0.39 is 11.6 Å². The monoisotopic (exact) mass is 341 g/mol. The van der Waals surface area contributed by atoms with E-state index in [4.69, 9.17) is 9.47 Å². The Morgan fingerprint density at radius 1 is 1.00 bits per heavy atom. The SMILES string of the molecule is O=C(c1ccccc1F)c1cc2c(cc1NC(=O)C1CC1)OCCO2. The molecule has 2 aromatic carbocycles. The van der Waals surface area contributed by atoms with Crippen LogP contribution >= 0.6 is 0 Å². The van der Waals surface area contributed by atoms with Gasteiger partial charge in [-0.2, -0.15) is 0 Å². The molecule has 4 rings (SSSR count). The van der Waals surface area contributed by atoms with Crippen LogP contribution in [-0.2, 0) is 4.79 Å². The van der Waals surface area contributed by atoms with E-state index in [9.17, 15) is 14.0 Å². The van der Waals surface area contributed by atoms with Crippen molar-refractivity contribution in [3.05, 3.63) is 53.3 Å². The lowest BCUT2D eigenvalue weighted by atomic mass is 10.00. The molecule has 0 unspecified atom stereocenters. The first-order valence-electron chi connectivity index (χ1n) is 8.17. The number of fused-ring (bicyclic) bond motifs is 1. The summed E-state index contributed by atoms with van der Waals surface area (Å²) in [5.41, 5.74) is 0.443. The Bertz CT molecular complexity index is 860. The van der Waals surface area contributed by atoms with Crippen LogP contribution in [0.1, 0.15) is 28.8 Å². The summed E-state index contributed by atoms with van der Waals surface area (Å²) in [6, 6.07) is 8.84. The smallest absolute Gasteiger partial charge is 0.227 e. The fraction of sp³-hybridized carbons (Fsp3) is 0.263. The Kier molecular flexibility index (Phi) is 3.87. The molecule has 128 valence electrons. The predicted octanol–water partition coefficient (Wildman–Crippen LogP) is 3.18. The fourth-order valence-corrected chi connectivity index (χ4v) is 2.75. The molecule has 0 saturated heterocycles. The molecule has 0 bridgehead atoms. The number of halogens is 1. The van der Waals surface area contributed by atoms with Gasteiger partial charge < -0.3 is 14.8 Å². The van der Waals surface area contributed by atoms with Gasteiger partial charge in [0.1, 0.15) is 19.0 Å². The Hall–Kier alpha value is -2.89. The van der Waals surface area contributed by atoms with Crippen LogP contribution in [-0.4, -0.2) is 24.9 Å². The molecule has 2 aliphatic rings. The second-order valence-electron chi connectivity index (χ2n) is 6.11. The van der Waals surface area contributed by atoms with Crippen molar-refractivity contribution >= 4 is 17.4 Å². The zero-order valence-electron chi connectivity index (χ0n) is 13.4. The summed E-state index contributed by atoms with van der Waals surface area (Å²) >= 11 is 0. The number of carbonyl (C=O) groups is 2. The maximum atomic E-state index is 14.0. The Morgan fingerprint density at radius 3 is 2.36 bits per heavy atom. The average Bonchev–Trinajstić information content (AvgIpc) is 3.46. The first kappa shape index (κ1) is 15.6. The zero-order chi connectivity index (χ0) is 17.4. The van der Waals surface area contributed by atoms with Crippen LogP contribution in [0.2, 0.25) is 0 Å². The first-order chi connectivity index (χ1) is 12.1. The van der Waals surface area contributed by atoms with Crippen LogP contribution in [0.25, 0.3) is 0 Å². The molecule has 1 N–H and O–H groups in total. The van der Waals surface area contributed by atoms with Gasteiger partial charge in [-0.15, -0.1) is 0 Å². The molecule has 1 saturated carbocycles. The zero-order valence-corrected chi connectivity index (χ0v) is 13.4. The topological polar surface area (TPSA) is 64.6 Å². The molecular weight excluding hydrogens is 325 g/mol. The number of hydrogen-bond donors (Lipinski definition) is 1. The molecule has 0 radical (unpaired) electrons. The van der Waals surface area contributed by atoms with E-state index in [1.807, 2.05) is 0 Å². The largest absolute Gasteiger partial charge is 0.486 e. The van der Waals surface area contributed by atoms with Gasteiger partial charge in [-0.1, -0.05) is 12.1 Å². The highest BCUT2D eigenvalue weighted by atomic mass is 19.1. The van der Waals surface area contributed by atoms with Gasteiger partial charge in [-0.05, 0) is 31.0 Å². The van der Waals surface area contributed by atoms with Crippen molar-refractivity contribution in [1.29, 1.82) is 0 Å². The van der Waals surface area contributed by atoms with Crippen molar-refractivity contribution in [2.45, 2.75) is 12.8 Å². The van der Waals surface area contributed by atoms with E-state index in [1.54, 1.807) is 12.1 Å². The molecule has 25 heavy (non-hydrogen) atoms. The molecule has 6 heteroatoms. The number of ether oxygens (including phenoxy) is 2. The van der Waals surface area contributed by atoms with Gasteiger partial charge in [0.25, 0.3) is 0 Å². The van der Waals surface area contributed by atoms with Crippen molar-refractivity contribution < 1.29 is 23.5 Å². The number of amides is 1. The van der Waals surface area contributed by atoms with Gasteiger partial charge in [0.05, 0.1) is 16.8 Å². The van der Waals surface area contributed by atoms with Gasteiger partial charge in [-0.3, -0.25) is 9.59 Å². The minimum absolute atomic E-state index is 0.0235. The van der Waals surface area contributed by atoms with E-state index in [2.05, 4.69) is 5.32 Å². The Balaban J connectivity index is 1.77. The van der Waals surface area contributed by atoms with Crippen LogP contribution in [0, 0.1) is 11.7 Å². The molecule has 2 aromatic rings. The highest BCUT2D eigenvalue weighted by Gasteiger charge is 2.31. The third kappa shape index (κ3) is 3.07. The highest BCUT2D eigenvalue weighted by molar-refractivity contribution is 6.14. The number of anilines is 1. The Morgan fingerprint density at radius 2 is 1.68 bits per heavy atom.